The van der Waals surface area contributed by atoms with Crippen LogP contribution in [0.25, 0.3) is 0 Å². The minimum Gasteiger partial charge on any atom is -0.358 e. The van der Waals surface area contributed by atoms with E-state index in [1.165, 1.54) is 0 Å². The molecule has 35 heavy (non-hydrogen) atoms. The molecule has 2 aromatic rings. The standard InChI is InChI=1S/C28H34N4O3/c1-19-9-11-22(16-20(19)2)29-26(33)18-32-25-17-21(27(34)30-13-5-3-6-14-30)10-12-23(25)31-15-7-4-8-24(31)28(32)35/h9-12,16-17,24H,3-8,13-15,18H2,1-2H3,(H,29,33). The molecule has 3 amide bonds. The highest BCUT2D eigenvalue weighted by Crippen LogP contribution is 2.40. The summed E-state index contributed by atoms with van der Waals surface area (Å²) in [5.41, 5.74) is 5.15. The topological polar surface area (TPSA) is 73.0 Å². The van der Waals surface area contributed by atoms with E-state index in [1.807, 2.05) is 55.1 Å². The summed E-state index contributed by atoms with van der Waals surface area (Å²) in [5.74, 6) is -0.306. The van der Waals surface area contributed by atoms with Crippen molar-refractivity contribution in [3.05, 3.63) is 53.1 Å². The van der Waals surface area contributed by atoms with Crippen molar-refractivity contribution in [3.63, 3.8) is 0 Å². The van der Waals surface area contributed by atoms with Crippen molar-refractivity contribution in [2.24, 2.45) is 0 Å². The number of fused-ring (bicyclic) bond motifs is 3. The van der Waals surface area contributed by atoms with Crippen LogP contribution < -0.4 is 15.1 Å². The van der Waals surface area contributed by atoms with Crippen molar-refractivity contribution >= 4 is 34.8 Å². The molecular weight excluding hydrogens is 440 g/mol. The van der Waals surface area contributed by atoms with Crippen molar-refractivity contribution < 1.29 is 14.4 Å². The van der Waals surface area contributed by atoms with Gasteiger partial charge in [0.1, 0.15) is 12.6 Å². The summed E-state index contributed by atoms with van der Waals surface area (Å²) in [6.45, 7) is 6.31. The number of aryl methyl sites for hydroxylation is 2. The van der Waals surface area contributed by atoms with Gasteiger partial charge in [-0.15, -0.1) is 0 Å². The molecule has 1 N–H and O–H groups in total. The van der Waals surface area contributed by atoms with Gasteiger partial charge in [-0.1, -0.05) is 6.07 Å². The van der Waals surface area contributed by atoms with Gasteiger partial charge < -0.3 is 15.1 Å². The normalized spacial score (nSPS) is 19.8. The third-order valence-electron chi connectivity index (χ3n) is 7.61. The number of hydrogen-bond donors (Lipinski definition) is 1. The molecule has 3 aliphatic heterocycles. The lowest BCUT2D eigenvalue weighted by Gasteiger charge is -2.45. The monoisotopic (exact) mass is 474 g/mol. The van der Waals surface area contributed by atoms with E-state index < -0.39 is 0 Å². The zero-order valence-electron chi connectivity index (χ0n) is 20.7. The number of carbonyl (C=O) groups is 3. The Morgan fingerprint density at radius 1 is 0.886 bits per heavy atom. The van der Waals surface area contributed by atoms with Crippen LogP contribution in [0, 0.1) is 13.8 Å². The van der Waals surface area contributed by atoms with Crippen LogP contribution in [0.4, 0.5) is 17.1 Å². The van der Waals surface area contributed by atoms with Crippen LogP contribution in [-0.4, -0.2) is 54.8 Å². The van der Waals surface area contributed by atoms with E-state index in [2.05, 4.69) is 10.2 Å². The first-order valence-corrected chi connectivity index (χ1v) is 12.8. The maximum absolute atomic E-state index is 13.6. The van der Waals surface area contributed by atoms with Crippen LogP contribution in [0.5, 0.6) is 0 Å². The number of hydrogen-bond acceptors (Lipinski definition) is 4. The number of benzene rings is 2. The van der Waals surface area contributed by atoms with E-state index in [-0.39, 0.29) is 30.3 Å². The summed E-state index contributed by atoms with van der Waals surface area (Å²) in [5, 5.41) is 2.95. The van der Waals surface area contributed by atoms with Gasteiger partial charge in [-0.3, -0.25) is 19.3 Å². The van der Waals surface area contributed by atoms with Gasteiger partial charge in [0.05, 0.1) is 11.4 Å². The third kappa shape index (κ3) is 4.64. The number of anilines is 3. The second-order valence-electron chi connectivity index (χ2n) is 10.0. The van der Waals surface area contributed by atoms with E-state index in [4.69, 9.17) is 0 Å². The van der Waals surface area contributed by atoms with Crippen molar-refractivity contribution in [2.45, 2.75) is 58.4 Å². The molecule has 0 aromatic heterocycles. The van der Waals surface area contributed by atoms with Gasteiger partial charge in [0.2, 0.25) is 11.8 Å². The molecule has 0 spiro atoms. The molecule has 5 rings (SSSR count). The van der Waals surface area contributed by atoms with Gasteiger partial charge in [0, 0.05) is 30.9 Å². The van der Waals surface area contributed by atoms with E-state index in [1.54, 1.807) is 4.90 Å². The number of nitrogens with zero attached hydrogens (tertiary/aromatic N) is 3. The second-order valence-corrected chi connectivity index (χ2v) is 10.0. The highest BCUT2D eigenvalue weighted by atomic mass is 16.2. The number of nitrogens with one attached hydrogen (secondary N) is 1. The zero-order valence-corrected chi connectivity index (χ0v) is 20.7. The number of rotatable bonds is 4. The van der Waals surface area contributed by atoms with E-state index in [0.29, 0.717) is 11.3 Å². The average molecular weight is 475 g/mol. The molecule has 184 valence electrons. The fraction of sp³-hybridized carbons (Fsp3) is 0.464. The lowest BCUT2D eigenvalue weighted by molar-refractivity contribution is -0.123. The first-order valence-electron chi connectivity index (χ1n) is 12.8. The Balaban J connectivity index is 1.44. The number of piperidine rings is 2. The maximum Gasteiger partial charge on any atom is 0.253 e. The van der Waals surface area contributed by atoms with Crippen molar-refractivity contribution in [1.82, 2.24) is 4.90 Å². The van der Waals surface area contributed by atoms with Crippen LogP contribution in [0.3, 0.4) is 0 Å². The largest absolute Gasteiger partial charge is 0.358 e. The van der Waals surface area contributed by atoms with Gasteiger partial charge in [-0.05, 0) is 93.8 Å². The molecule has 0 bridgehead atoms. The second kappa shape index (κ2) is 9.72. The Kier molecular flexibility index (Phi) is 6.50. The SMILES string of the molecule is Cc1ccc(NC(=O)CN2C(=O)C3CCCCN3c3ccc(C(=O)N4CCCCC4)cc32)cc1C. The molecule has 0 aliphatic carbocycles. The van der Waals surface area contributed by atoms with Gasteiger partial charge in [0.25, 0.3) is 5.91 Å². The summed E-state index contributed by atoms with van der Waals surface area (Å²) in [7, 11) is 0. The summed E-state index contributed by atoms with van der Waals surface area (Å²) < 4.78 is 0. The predicted octanol–water partition coefficient (Wildman–Crippen LogP) is 4.27. The van der Waals surface area contributed by atoms with Gasteiger partial charge in [-0.2, -0.15) is 0 Å². The molecule has 0 radical (unpaired) electrons. The Morgan fingerprint density at radius 3 is 2.43 bits per heavy atom. The predicted molar refractivity (Wildman–Crippen MR) is 138 cm³/mol. The van der Waals surface area contributed by atoms with Crippen LogP contribution in [0.15, 0.2) is 36.4 Å². The molecule has 7 heteroatoms. The number of likely N-dealkylation sites (tertiary alicyclic amines) is 1. The molecular formula is C28H34N4O3. The molecule has 3 aliphatic rings. The van der Waals surface area contributed by atoms with E-state index in [0.717, 1.165) is 80.7 Å². The Bertz CT molecular complexity index is 1150. The Hall–Kier alpha value is -3.35. The van der Waals surface area contributed by atoms with Gasteiger partial charge in [-0.25, -0.2) is 0 Å². The van der Waals surface area contributed by atoms with E-state index in [9.17, 15) is 14.4 Å². The van der Waals surface area contributed by atoms with Crippen molar-refractivity contribution in [2.75, 3.05) is 41.3 Å². The molecule has 1 unspecified atom stereocenters. The maximum atomic E-state index is 13.6. The molecule has 1 atom stereocenters. The molecule has 0 saturated carbocycles. The minimum atomic E-state index is -0.255. The summed E-state index contributed by atoms with van der Waals surface area (Å²) in [6, 6.07) is 11.2. The fourth-order valence-electron chi connectivity index (χ4n) is 5.50. The highest BCUT2D eigenvalue weighted by molar-refractivity contribution is 6.11. The van der Waals surface area contributed by atoms with Crippen LogP contribution in [0.2, 0.25) is 0 Å². The Morgan fingerprint density at radius 2 is 1.66 bits per heavy atom. The van der Waals surface area contributed by atoms with E-state index >= 15 is 0 Å². The Labute approximate surface area is 207 Å². The zero-order chi connectivity index (χ0) is 24.5. The first-order chi connectivity index (χ1) is 16.9. The lowest BCUT2D eigenvalue weighted by atomic mass is 9.95. The van der Waals surface area contributed by atoms with Crippen LogP contribution in [0.1, 0.15) is 60.0 Å². The average Bonchev–Trinajstić information content (AvgIpc) is 2.88. The molecule has 2 aromatic carbocycles. The van der Waals surface area contributed by atoms with Crippen molar-refractivity contribution in [3.8, 4) is 0 Å². The van der Waals surface area contributed by atoms with Crippen molar-refractivity contribution in [1.29, 1.82) is 0 Å². The molecule has 3 heterocycles. The summed E-state index contributed by atoms with van der Waals surface area (Å²) >= 11 is 0. The molecule has 2 fully saturated rings. The first kappa shape index (κ1) is 23.4. The quantitative estimate of drug-likeness (QED) is 0.718. The van der Waals surface area contributed by atoms with Gasteiger partial charge in [0.15, 0.2) is 0 Å². The number of carbonyl (C=O) groups excluding carboxylic acids is 3. The number of amides is 3. The summed E-state index contributed by atoms with van der Waals surface area (Å²) in [6.07, 6.45) is 6.01. The minimum absolute atomic E-state index is 0.000230. The molecule has 7 nitrogen and oxygen atoms in total. The molecule has 2 saturated heterocycles. The lowest BCUT2D eigenvalue weighted by Crippen LogP contribution is -2.56. The van der Waals surface area contributed by atoms with Crippen LogP contribution >= 0.6 is 0 Å². The smallest absolute Gasteiger partial charge is 0.253 e. The highest BCUT2D eigenvalue weighted by Gasteiger charge is 2.40. The van der Waals surface area contributed by atoms with Crippen LogP contribution in [-0.2, 0) is 9.59 Å². The third-order valence-corrected chi connectivity index (χ3v) is 7.61. The summed E-state index contributed by atoms with van der Waals surface area (Å²) in [4.78, 5) is 45.5. The van der Waals surface area contributed by atoms with Gasteiger partial charge >= 0.3 is 0 Å². The fourth-order valence-corrected chi connectivity index (χ4v) is 5.50.